The summed E-state index contributed by atoms with van der Waals surface area (Å²) in [4.78, 5) is 25.2. The number of rotatable bonds is 9. The van der Waals surface area contributed by atoms with Crippen molar-refractivity contribution in [1.29, 1.82) is 0 Å². The Morgan fingerprint density at radius 3 is 2.32 bits per heavy atom. The number of aryl methyl sites for hydroxylation is 3. The lowest BCUT2D eigenvalue weighted by Gasteiger charge is -2.15. The predicted octanol–water partition coefficient (Wildman–Crippen LogP) is 4.45. The molecule has 0 aliphatic carbocycles. The quantitative estimate of drug-likeness (QED) is 0.438. The number of hydrogen-bond donors (Lipinski definition) is 2. The summed E-state index contributed by atoms with van der Waals surface area (Å²) < 4.78 is 7.05. The van der Waals surface area contributed by atoms with E-state index >= 15 is 0 Å². The number of thioether (sulfide) groups is 1. The van der Waals surface area contributed by atoms with Gasteiger partial charge < -0.3 is 19.9 Å². The highest BCUT2D eigenvalue weighted by Gasteiger charge is 2.20. The molecule has 1 heterocycles. The van der Waals surface area contributed by atoms with Crippen LogP contribution in [-0.4, -0.2) is 39.4 Å². The molecule has 0 spiro atoms. The van der Waals surface area contributed by atoms with Crippen molar-refractivity contribution < 1.29 is 14.3 Å². The minimum absolute atomic E-state index is 0.104. The van der Waals surface area contributed by atoms with Crippen molar-refractivity contribution in [2.24, 2.45) is 0 Å². The average molecular weight is 482 g/mol. The fourth-order valence-electron chi connectivity index (χ4n) is 3.79. The second-order valence-corrected chi connectivity index (χ2v) is 9.06. The van der Waals surface area contributed by atoms with Gasteiger partial charge in [-0.3, -0.25) is 9.59 Å². The third-order valence-corrected chi connectivity index (χ3v) is 6.39. The van der Waals surface area contributed by atoms with Gasteiger partial charge in [-0.1, -0.05) is 29.5 Å². The molecule has 0 aliphatic rings. The zero-order chi connectivity index (χ0) is 24.8. The Balaban J connectivity index is 1.64. The van der Waals surface area contributed by atoms with Crippen molar-refractivity contribution in [3.8, 4) is 5.75 Å². The number of aromatic nitrogens is 3. The minimum atomic E-state index is -0.358. The molecule has 2 amide bonds. The van der Waals surface area contributed by atoms with E-state index in [0.717, 1.165) is 16.8 Å². The molecular formula is C25H31N5O3S. The summed E-state index contributed by atoms with van der Waals surface area (Å²) in [6.07, 6.45) is 0. The van der Waals surface area contributed by atoms with Gasteiger partial charge in [0.15, 0.2) is 11.0 Å². The fraction of sp³-hybridized carbons (Fsp3) is 0.360. The second-order valence-electron chi connectivity index (χ2n) is 8.12. The molecule has 1 atom stereocenters. The Morgan fingerprint density at radius 2 is 1.74 bits per heavy atom. The van der Waals surface area contributed by atoms with E-state index in [1.165, 1.54) is 17.3 Å². The van der Waals surface area contributed by atoms with Gasteiger partial charge >= 0.3 is 0 Å². The van der Waals surface area contributed by atoms with Crippen molar-refractivity contribution >= 4 is 29.3 Å². The number of benzene rings is 2. The number of amides is 2. The third kappa shape index (κ3) is 5.96. The van der Waals surface area contributed by atoms with E-state index in [1.807, 2.05) is 39.2 Å². The van der Waals surface area contributed by atoms with Crippen LogP contribution in [-0.2, 0) is 11.3 Å². The zero-order valence-electron chi connectivity index (χ0n) is 20.4. The summed E-state index contributed by atoms with van der Waals surface area (Å²) in [5.41, 5.74) is 4.62. The summed E-state index contributed by atoms with van der Waals surface area (Å²) in [5, 5.41) is 15.2. The standard InChI is InChI=1S/C25H31N5O3S/c1-7-30-23(18(5)26-24(32)19-8-10-20(33-6)11-9-19)28-29-25(30)34-14-21(31)27-22-16(3)12-15(2)13-17(22)4/h8-13,18H,7,14H2,1-6H3,(H,26,32)(H,27,31)/t18-/m1/s1. The maximum absolute atomic E-state index is 12.6. The Morgan fingerprint density at radius 1 is 1.09 bits per heavy atom. The molecule has 2 aromatic carbocycles. The van der Waals surface area contributed by atoms with Crippen LogP contribution in [0.5, 0.6) is 5.75 Å². The smallest absolute Gasteiger partial charge is 0.251 e. The lowest BCUT2D eigenvalue weighted by Crippen LogP contribution is -2.28. The van der Waals surface area contributed by atoms with Crippen molar-refractivity contribution in [3.63, 3.8) is 0 Å². The van der Waals surface area contributed by atoms with Crippen molar-refractivity contribution in [2.75, 3.05) is 18.2 Å². The molecule has 3 aromatic rings. The monoisotopic (exact) mass is 481 g/mol. The molecule has 180 valence electrons. The molecule has 0 bridgehead atoms. The highest BCUT2D eigenvalue weighted by atomic mass is 32.2. The number of carbonyl (C=O) groups is 2. The summed E-state index contributed by atoms with van der Waals surface area (Å²) in [7, 11) is 1.58. The van der Waals surface area contributed by atoms with E-state index in [4.69, 9.17) is 4.74 Å². The SMILES string of the molecule is CCn1c(SCC(=O)Nc2c(C)cc(C)cc2C)nnc1[C@@H](C)NC(=O)c1ccc(OC)cc1. The molecule has 0 saturated heterocycles. The van der Waals surface area contributed by atoms with E-state index in [1.54, 1.807) is 31.4 Å². The average Bonchev–Trinajstić information content (AvgIpc) is 3.23. The number of nitrogens with zero attached hydrogens (tertiary/aromatic N) is 3. The molecule has 2 N–H and O–H groups in total. The normalized spacial score (nSPS) is 11.7. The Hall–Kier alpha value is -3.33. The van der Waals surface area contributed by atoms with Crippen LogP contribution < -0.4 is 15.4 Å². The Labute approximate surface area is 204 Å². The van der Waals surface area contributed by atoms with Crippen LogP contribution in [0.3, 0.4) is 0 Å². The Kier molecular flexibility index (Phi) is 8.33. The first-order valence-corrected chi connectivity index (χ1v) is 12.1. The van der Waals surface area contributed by atoms with Crippen LogP contribution in [0.25, 0.3) is 0 Å². The highest BCUT2D eigenvalue weighted by Crippen LogP contribution is 2.24. The van der Waals surface area contributed by atoms with Gasteiger partial charge in [0.2, 0.25) is 5.91 Å². The predicted molar refractivity (Wildman–Crippen MR) is 135 cm³/mol. The number of anilines is 1. The van der Waals surface area contributed by atoms with E-state index in [2.05, 4.69) is 33.0 Å². The van der Waals surface area contributed by atoms with Gasteiger partial charge in [-0.25, -0.2) is 0 Å². The lowest BCUT2D eigenvalue weighted by atomic mass is 10.1. The number of ether oxygens (including phenoxy) is 1. The molecule has 0 aliphatic heterocycles. The van der Waals surface area contributed by atoms with Gasteiger partial charge in [-0.15, -0.1) is 10.2 Å². The topological polar surface area (TPSA) is 98.1 Å². The van der Waals surface area contributed by atoms with Crippen molar-refractivity contribution in [3.05, 3.63) is 64.5 Å². The third-order valence-electron chi connectivity index (χ3n) is 5.42. The first kappa shape index (κ1) is 25.3. The van der Waals surface area contributed by atoms with Gasteiger partial charge in [0.1, 0.15) is 5.75 Å². The summed E-state index contributed by atoms with van der Waals surface area (Å²) in [6, 6.07) is 10.7. The van der Waals surface area contributed by atoms with Gasteiger partial charge in [0.05, 0.1) is 18.9 Å². The molecule has 3 rings (SSSR count). The molecule has 9 heteroatoms. The van der Waals surface area contributed by atoms with Crippen LogP contribution in [0.1, 0.15) is 52.8 Å². The number of nitrogens with one attached hydrogen (secondary N) is 2. The van der Waals surface area contributed by atoms with Gasteiger partial charge in [-0.05, 0) is 70.0 Å². The van der Waals surface area contributed by atoms with Gasteiger partial charge in [-0.2, -0.15) is 0 Å². The van der Waals surface area contributed by atoms with Crippen molar-refractivity contribution in [1.82, 2.24) is 20.1 Å². The Bertz CT molecular complexity index is 1150. The first-order valence-electron chi connectivity index (χ1n) is 11.1. The molecular weight excluding hydrogens is 450 g/mol. The molecule has 8 nitrogen and oxygen atoms in total. The van der Waals surface area contributed by atoms with Crippen LogP contribution >= 0.6 is 11.8 Å². The van der Waals surface area contributed by atoms with Gasteiger partial charge in [0.25, 0.3) is 5.91 Å². The van der Waals surface area contributed by atoms with Crippen LogP contribution in [0, 0.1) is 20.8 Å². The fourth-order valence-corrected chi connectivity index (χ4v) is 4.60. The minimum Gasteiger partial charge on any atom is -0.497 e. The van der Waals surface area contributed by atoms with E-state index in [9.17, 15) is 9.59 Å². The van der Waals surface area contributed by atoms with Gasteiger partial charge in [0, 0.05) is 17.8 Å². The molecule has 34 heavy (non-hydrogen) atoms. The molecule has 0 radical (unpaired) electrons. The maximum atomic E-state index is 12.6. The summed E-state index contributed by atoms with van der Waals surface area (Å²) in [5.74, 6) is 1.22. The number of methoxy groups -OCH3 is 1. The largest absolute Gasteiger partial charge is 0.497 e. The summed E-state index contributed by atoms with van der Waals surface area (Å²) in [6.45, 7) is 10.5. The zero-order valence-corrected chi connectivity index (χ0v) is 21.2. The molecule has 0 saturated carbocycles. The molecule has 0 fully saturated rings. The van der Waals surface area contributed by atoms with Crippen LogP contribution in [0.15, 0.2) is 41.6 Å². The van der Waals surface area contributed by atoms with E-state index < -0.39 is 0 Å². The van der Waals surface area contributed by atoms with E-state index in [-0.39, 0.29) is 23.6 Å². The van der Waals surface area contributed by atoms with Crippen molar-refractivity contribution in [2.45, 2.75) is 52.4 Å². The molecule has 0 unspecified atom stereocenters. The number of carbonyl (C=O) groups excluding carboxylic acids is 2. The first-order chi connectivity index (χ1) is 16.2. The highest BCUT2D eigenvalue weighted by molar-refractivity contribution is 7.99. The number of hydrogen-bond acceptors (Lipinski definition) is 6. The maximum Gasteiger partial charge on any atom is 0.251 e. The van der Waals surface area contributed by atoms with Crippen LogP contribution in [0.2, 0.25) is 0 Å². The molecule has 1 aromatic heterocycles. The second kappa shape index (κ2) is 11.2. The van der Waals surface area contributed by atoms with E-state index in [0.29, 0.717) is 28.8 Å². The summed E-state index contributed by atoms with van der Waals surface area (Å²) >= 11 is 1.32. The van der Waals surface area contributed by atoms with Crippen LogP contribution in [0.4, 0.5) is 5.69 Å². The lowest BCUT2D eigenvalue weighted by molar-refractivity contribution is -0.113.